The Morgan fingerprint density at radius 1 is 1.43 bits per heavy atom. The molecule has 1 aliphatic rings. The minimum Gasteiger partial charge on any atom is -0.303 e. The Hall–Kier alpha value is 0.0900. The first-order valence-corrected chi connectivity index (χ1v) is 6.23. The van der Waals surface area contributed by atoms with Crippen molar-refractivity contribution in [1.82, 2.24) is 14.9 Å². The van der Waals surface area contributed by atoms with Crippen LogP contribution in [0.25, 0.3) is 0 Å². The van der Waals surface area contributed by atoms with Crippen molar-refractivity contribution < 1.29 is 0 Å². The lowest BCUT2D eigenvalue weighted by atomic mass is 10.4. The van der Waals surface area contributed by atoms with Crippen LogP contribution in [0.5, 0.6) is 0 Å². The highest BCUT2D eigenvalue weighted by atomic mass is 32.2. The van der Waals surface area contributed by atoms with Crippen molar-refractivity contribution in [2.24, 2.45) is 0 Å². The Morgan fingerprint density at radius 3 is 2.57 bits per heavy atom. The van der Waals surface area contributed by atoms with E-state index in [-0.39, 0.29) is 0 Å². The summed E-state index contributed by atoms with van der Waals surface area (Å²) in [6.45, 7) is 0.947. The molecule has 0 radical (unpaired) electrons. The second kappa shape index (κ2) is 5.25. The van der Waals surface area contributed by atoms with Crippen LogP contribution in [-0.4, -0.2) is 57.8 Å². The van der Waals surface area contributed by atoms with Gasteiger partial charge in [-0.1, -0.05) is 24.0 Å². The maximum absolute atomic E-state index is 5.36. The summed E-state index contributed by atoms with van der Waals surface area (Å²) in [6, 6.07) is 0. The van der Waals surface area contributed by atoms with Gasteiger partial charge in [0.1, 0.15) is 4.32 Å². The summed E-state index contributed by atoms with van der Waals surface area (Å²) >= 11 is 12.3. The second-order valence-electron chi connectivity index (χ2n) is 3.27. The molecule has 0 bridgehead atoms. The fourth-order valence-electron chi connectivity index (χ4n) is 1.07. The minimum absolute atomic E-state index is 0.784. The van der Waals surface area contributed by atoms with Crippen molar-refractivity contribution in [3.8, 4) is 0 Å². The zero-order valence-corrected chi connectivity index (χ0v) is 11.1. The topological polar surface area (TPSA) is 9.72 Å². The standard InChI is InChI=1S/C8H15N3S3/c1-9(2)10(3)7(12)11-5-4-6-14-8(11)13/h4-6H2,1-3H3. The van der Waals surface area contributed by atoms with Crippen molar-refractivity contribution in [2.45, 2.75) is 6.42 Å². The summed E-state index contributed by atoms with van der Waals surface area (Å²) < 4.78 is 0.898. The van der Waals surface area contributed by atoms with Crippen molar-refractivity contribution in [3.05, 3.63) is 0 Å². The van der Waals surface area contributed by atoms with E-state index in [1.807, 2.05) is 36.1 Å². The van der Waals surface area contributed by atoms with E-state index < -0.39 is 0 Å². The number of hydrogen-bond acceptors (Lipinski definition) is 4. The van der Waals surface area contributed by atoms with Crippen LogP contribution in [0.3, 0.4) is 0 Å². The van der Waals surface area contributed by atoms with Crippen LogP contribution in [0.15, 0.2) is 0 Å². The molecule has 0 unspecified atom stereocenters. The molecule has 14 heavy (non-hydrogen) atoms. The van der Waals surface area contributed by atoms with E-state index in [9.17, 15) is 0 Å². The first-order valence-electron chi connectivity index (χ1n) is 4.43. The molecule has 0 spiro atoms. The average Bonchev–Trinajstić information content (AvgIpc) is 2.16. The summed E-state index contributed by atoms with van der Waals surface area (Å²) in [4.78, 5) is 2.03. The molecule has 0 saturated carbocycles. The van der Waals surface area contributed by atoms with Gasteiger partial charge in [-0.25, -0.2) is 5.01 Å². The lowest BCUT2D eigenvalue weighted by Crippen LogP contribution is -2.49. The molecule has 1 rings (SSSR count). The smallest absolute Gasteiger partial charge is 0.191 e. The number of hydrogen-bond donors (Lipinski definition) is 0. The Balaban J connectivity index is 2.63. The first kappa shape index (κ1) is 12.2. The van der Waals surface area contributed by atoms with Crippen LogP contribution in [0.2, 0.25) is 0 Å². The quantitative estimate of drug-likeness (QED) is 0.510. The first-order chi connectivity index (χ1) is 6.54. The lowest BCUT2D eigenvalue weighted by Gasteiger charge is -2.36. The van der Waals surface area contributed by atoms with E-state index in [2.05, 4.69) is 0 Å². The molecule has 80 valence electrons. The summed E-state index contributed by atoms with van der Waals surface area (Å²) in [6.07, 6.45) is 1.15. The van der Waals surface area contributed by atoms with Gasteiger partial charge in [0.15, 0.2) is 5.11 Å². The highest BCUT2D eigenvalue weighted by Gasteiger charge is 2.22. The van der Waals surface area contributed by atoms with Crippen LogP contribution in [0.4, 0.5) is 0 Å². The SMILES string of the molecule is CN(C)N(C)C(=S)N1CCCSC1=S. The normalized spacial score (nSPS) is 17.4. The number of rotatable bonds is 1. The fraction of sp³-hybridized carbons (Fsp3) is 0.750. The second-order valence-corrected chi connectivity index (χ2v) is 5.37. The van der Waals surface area contributed by atoms with Crippen LogP contribution < -0.4 is 0 Å². The molecular formula is C8H15N3S3. The molecule has 1 aliphatic heterocycles. The zero-order chi connectivity index (χ0) is 10.7. The maximum Gasteiger partial charge on any atom is 0.191 e. The van der Waals surface area contributed by atoms with Crippen LogP contribution in [0.1, 0.15) is 6.42 Å². The molecular weight excluding hydrogens is 234 g/mol. The molecule has 0 aromatic heterocycles. The zero-order valence-electron chi connectivity index (χ0n) is 8.69. The Labute approximate surface area is 100 Å². The average molecular weight is 249 g/mol. The third kappa shape index (κ3) is 2.79. The van der Waals surface area contributed by atoms with E-state index in [4.69, 9.17) is 24.4 Å². The largest absolute Gasteiger partial charge is 0.303 e. The number of nitrogens with zero attached hydrogens (tertiary/aromatic N) is 3. The van der Waals surface area contributed by atoms with Gasteiger partial charge in [-0.05, 0) is 18.6 Å². The summed E-state index contributed by atoms with van der Waals surface area (Å²) in [7, 11) is 5.88. The summed E-state index contributed by atoms with van der Waals surface area (Å²) in [5.41, 5.74) is 0. The fourth-order valence-corrected chi connectivity index (χ4v) is 2.74. The van der Waals surface area contributed by atoms with Gasteiger partial charge in [-0.2, -0.15) is 0 Å². The molecule has 3 nitrogen and oxygen atoms in total. The predicted octanol–water partition coefficient (Wildman–Crippen LogP) is 1.40. The van der Waals surface area contributed by atoms with E-state index in [1.54, 1.807) is 11.8 Å². The molecule has 1 saturated heterocycles. The van der Waals surface area contributed by atoms with Gasteiger partial charge >= 0.3 is 0 Å². The van der Waals surface area contributed by atoms with Gasteiger partial charge in [0, 0.05) is 33.4 Å². The molecule has 0 N–H and O–H groups in total. The summed E-state index contributed by atoms with van der Waals surface area (Å²) in [5, 5.41) is 4.66. The van der Waals surface area contributed by atoms with Gasteiger partial charge in [0.05, 0.1) is 0 Å². The molecule has 1 heterocycles. The van der Waals surface area contributed by atoms with Gasteiger partial charge in [0.25, 0.3) is 0 Å². The van der Waals surface area contributed by atoms with Crippen molar-refractivity contribution in [3.63, 3.8) is 0 Å². The van der Waals surface area contributed by atoms with Gasteiger partial charge < -0.3 is 4.90 Å². The molecule has 0 aliphatic carbocycles. The Bertz CT molecular complexity index is 242. The number of hydrazine groups is 1. The highest BCUT2D eigenvalue weighted by Crippen LogP contribution is 2.19. The molecule has 0 atom stereocenters. The Morgan fingerprint density at radius 2 is 2.07 bits per heavy atom. The molecule has 0 aromatic rings. The minimum atomic E-state index is 0.784. The van der Waals surface area contributed by atoms with E-state index in [0.29, 0.717) is 0 Å². The molecule has 0 aromatic carbocycles. The van der Waals surface area contributed by atoms with Crippen molar-refractivity contribution in [2.75, 3.05) is 33.4 Å². The van der Waals surface area contributed by atoms with Crippen molar-refractivity contribution >= 4 is 45.6 Å². The van der Waals surface area contributed by atoms with Crippen LogP contribution in [0, 0.1) is 0 Å². The van der Waals surface area contributed by atoms with E-state index in [1.165, 1.54) is 0 Å². The number of thioether (sulfide) groups is 1. The lowest BCUT2D eigenvalue weighted by molar-refractivity contribution is 0.135. The van der Waals surface area contributed by atoms with Gasteiger partial charge in [-0.3, -0.25) is 5.01 Å². The molecule has 1 fully saturated rings. The van der Waals surface area contributed by atoms with E-state index in [0.717, 1.165) is 28.2 Å². The third-order valence-corrected chi connectivity index (χ3v) is 4.10. The van der Waals surface area contributed by atoms with Gasteiger partial charge in [-0.15, -0.1) is 0 Å². The van der Waals surface area contributed by atoms with Crippen LogP contribution >= 0.6 is 36.2 Å². The molecule has 6 heteroatoms. The van der Waals surface area contributed by atoms with E-state index >= 15 is 0 Å². The van der Waals surface area contributed by atoms with Gasteiger partial charge in [0.2, 0.25) is 0 Å². The maximum atomic E-state index is 5.36. The number of thiocarbonyl (C=S) groups is 2. The summed E-state index contributed by atoms with van der Waals surface area (Å²) in [5.74, 6) is 1.11. The molecule has 0 amide bonds. The monoisotopic (exact) mass is 249 g/mol. The van der Waals surface area contributed by atoms with Crippen LogP contribution in [-0.2, 0) is 0 Å². The highest BCUT2D eigenvalue weighted by molar-refractivity contribution is 8.23. The predicted molar refractivity (Wildman–Crippen MR) is 70.4 cm³/mol. The third-order valence-electron chi connectivity index (χ3n) is 2.08. The van der Waals surface area contributed by atoms with Crippen molar-refractivity contribution in [1.29, 1.82) is 0 Å². The Kier molecular flexibility index (Phi) is 4.56.